The van der Waals surface area contributed by atoms with Gasteiger partial charge in [0.2, 0.25) is 0 Å². The number of fused-ring (bicyclic) bond motifs is 2. The molecule has 0 heterocycles. The lowest BCUT2D eigenvalue weighted by Gasteiger charge is -2.05. The third-order valence-electron chi connectivity index (χ3n) is 2.06. The highest BCUT2D eigenvalue weighted by Gasteiger charge is 2.11. The van der Waals surface area contributed by atoms with Gasteiger partial charge < -0.3 is 0 Å². The summed E-state index contributed by atoms with van der Waals surface area (Å²) in [5.74, 6) is 0. The molecule has 2 bridgehead atoms. The second-order valence-electron chi connectivity index (χ2n) is 2.98. The third kappa shape index (κ3) is 1.94. The molecule has 0 saturated carbocycles. The van der Waals surface area contributed by atoms with Crippen molar-refractivity contribution in [3.8, 4) is 0 Å². The number of halogens is 2. The van der Waals surface area contributed by atoms with Gasteiger partial charge in [0.05, 0.1) is 0 Å². The second kappa shape index (κ2) is 3.81. The summed E-state index contributed by atoms with van der Waals surface area (Å²) in [6.45, 7) is 0. The summed E-state index contributed by atoms with van der Waals surface area (Å²) in [5.41, 5.74) is 2.65. The minimum atomic E-state index is 0.987. The fourth-order valence-corrected chi connectivity index (χ4v) is 2.65. The summed E-state index contributed by atoms with van der Waals surface area (Å²) < 4.78 is 2.32. The largest absolute Gasteiger partial charge is 0.0609 e. The van der Waals surface area contributed by atoms with Crippen LogP contribution in [0.25, 0.3) is 0 Å². The fraction of sp³-hybridized carbons (Fsp3) is 0.0909. The first-order valence-corrected chi connectivity index (χ1v) is 5.66. The Labute approximate surface area is 94.7 Å². The van der Waals surface area contributed by atoms with Crippen LogP contribution < -0.4 is 0 Å². The van der Waals surface area contributed by atoms with Gasteiger partial charge in [-0.15, -0.1) is 0 Å². The Morgan fingerprint density at radius 1 is 1.00 bits per heavy atom. The van der Waals surface area contributed by atoms with Crippen LogP contribution in [-0.4, -0.2) is 0 Å². The molecule has 0 unspecified atom stereocenters. The zero-order chi connectivity index (χ0) is 9.26. The van der Waals surface area contributed by atoms with Gasteiger partial charge in [-0.3, -0.25) is 0 Å². The first-order chi connectivity index (χ1) is 6.27. The molecule has 2 aliphatic carbocycles. The van der Waals surface area contributed by atoms with Crippen molar-refractivity contribution in [3.63, 3.8) is 0 Å². The van der Waals surface area contributed by atoms with Crippen LogP contribution in [0.15, 0.2) is 56.6 Å². The lowest BCUT2D eigenvalue weighted by Crippen LogP contribution is -1.85. The van der Waals surface area contributed by atoms with Crippen LogP contribution in [0, 0.1) is 0 Å². The smallest absolute Gasteiger partial charge is 0.0221 e. The topological polar surface area (TPSA) is 0 Å². The SMILES string of the molecule is BrC1=CC=CC2=CC=CC(Br)=C1C2. The average Bonchev–Trinajstić information content (AvgIpc) is 2.38. The maximum Gasteiger partial charge on any atom is 0.0221 e. The van der Waals surface area contributed by atoms with E-state index in [1.54, 1.807) is 0 Å². The second-order valence-corrected chi connectivity index (χ2v) is 4.69. The van der Waals surface area contributed by atoms with E-state index in [1.165, 1.54) is 11.1 Å². The molecule has 0 atom stereocenters. The molecular formula is C11H8Br2. The molecule has 13 heavy (non-hydrogen) atoms. The van der Waals surface area contributed by atoms with Crippen LogP contribution in [-0.2, 0) is 0 Å². The highest BCUT2D eigenvalue weighted by Crippen LogP contribution is 2.34. The molecule has 0 N–H and O–H groups in total. The Morgan fingerprint density at radius 3 is 2.62 bits per heavy atom. The Hall–Kier alpha value is -0.340. The molecule has 0 aliphatic heterocycles. The maximum absolute atomic E-state index is 3.56. The molecule has 0 spiro atoms. The summed E-state index contributed by atoms with van der Waals surface area (Å²) in [7, 11) is 0. The van der Waals surface area contributed by atoms with Crippen molar-refractivity contribution >= 4 is 31.9 Å². The standard InChI is InChI=1S/C11H8Br2/c12-10-5-1-3-8-4-2-6-11(13)9(10)7-8/h1-6H,7H2. The summed E-state index contributed by atoms with van der Waals surface area (Å²) in [6, 6.07) is 0. The van der Waals surface area contributed by atoms with Crippen molar-refractivity contribution in [2.24, 2.45) is 0 Å². The zero-order valence-corrected chi connectivity index (χ0v) is 10.1. The molecule has 0 radical (unpaired) electrons. The van der Waals surface area contributed by atoms with E-state index in [2.05, 4.69) is 68.3 Å². The van der Waals surface area contributed by atoms with Gasteiger partial charge in [0, 0.05) is 8.96 Å². The Balaban J connectivity index is 2.56. The predicted molar refractivity (Wildman–Crippen MR) is 63.9 cm³/mol. The van der Waals surface area contributed by atoms with Gasteiger partial charge in [-0.05, 0) is 29.7 Å². The number of rotatable bonds is 0. The van der Waals surface area contributed by atoms with Crippen molar-refractivity contribution in [3.05, 3.63) is 56.6 Å². The van der Waals surface area contributed by atoms with E-state index in [4.69, 9.17) is 0 Å². The van der Waals surface area contributed by atoms with Crippen LogP contribution in [0.5, 0.6) is 0 Å². The minimum Gasteiger partial charge on any atom is -0.0609 e. The molecule has 2 aliphatic rings. The van der Waals surface area contributed by atoms with Crippen molar-refractivity contribution in [1.29, 1.82) is 0 Å². The molecule has 0 amide bonds. The number of hydrogen-bond acceptors (Lipinski definition) is 0. The highest BCUT2D eigenvalue weighted by molar-refractivity contribution is 9.12. The van der Waals surface area contributed by atoms with E-state index in [0.717, 1.165) is 15.4 Å². The van der Waals surface area contributed by atoms with E-state index in [0.29, 0.717) is 0 Å². The number of allylic oxidation sites excluding steroid dienone is 10. The quantitative estimate of drug-likeness (QED) is 0.623. The highest BCUT2D eigenvalue weighted by atomic mass is 79.9. The first-order valence-electron chi connectivity index (χ1n) is 4.07. The molecule has 66 valence electrons. The summed E-state index contributed by atoms with van der Waals surface area (Å²) >= 11 is 7.12. The molecule has 0 aromatic rings. The van der Waals surface area contributed by atoms with Crippen LogP contribution >= 0.6 is 31.9 Å². The predicted octanol–water partition coefficient (Wildman–Crippen LogP) is 4.37. The number of hydrogen-bond donors (Lipinski definition) is 0. The molecular weight excluding hydrogens is 292 g/mol. The molecule has 0 aromatic carbocycles. The Bertz CT molecular complexity index is 379. The Morgan fingerprint density at radius 2 is 1.77 bits per heavy atom. The first kappa shape index (κ1) is 9.22. The van der Waals surface area contributed by atoms with Gasteiger partial charge in [-0.1, -0.05) is 56.2 Å². The third-order valence-corrected chi connectivity index (χ3v) is 3.55. The molecule has 0 fully saturated rings. The Kier molecular flexibility index (Phi) is 2.70. The van der Waals surface area contributed by atoms with Crippen molar-refractivity contribution in [2.75, 3.05) is 0 Å². The summed E-state index contributed by atoms with van der Waals surface area (Å²) in [5, 5.41) is 0. The lowest BCUT2D eigenvalue weighted by atomic mass is 10.1. The van der Waals surface area contributed by atoms with Crippen LogP contribution in [0.2, 0.25) is 0 Å². The van der Waals surface area contributed by atoms with Crippen molar-refractivity contribution in [1.82, 2.24) is 0 Å². The van der Waals surface area contributed by atoms with Crippen molar-refractivity contribution in [2.45, 2.75) is 6.42 Å². The molecule has 0 saturated heterocycles. The van der Waals surface area contributed by atoms with Crippen LogP contribution in [0.1, 0.15) is 6.42 Å². The normalized spacial score (nSPS) is 20.8. The fourth-order valence-electron chi connectivity index (χ4n) is 1.37. The lowest BCUT2D eigenvalue weighted by molar-refractivity contribution is 1.22. The summed E-state index contributed by atoms with van der Waals surface area (Å²) in [4.78, 5) is 0. The molecule has 2 heteroatoms. The van der Waals surface area contributed by atoms with Crippen molar-refractivity contribution < 1.29 is 0 Å². The van der Waals surface area contributed by atoms with Gasteiger partial charge in [-0.25, -0.2) is 0 Å². The average molecular weight is 300 g/mol. The van der Waals surface area contributed by atoms with E-state index in [-0.39, 0.29) is 0 Å². The van der Waals surface area contributed by atoms with E-state index < -0.39 is 0 Å². The van der Waals surface area contributed by atoms with Crippen LogP contribution in [0.3, 0.4) is 0 Å². The van der Waals surface area contributed by atoms with Gasteiger partial charge >= 0.3 is 0 Å². The maximum atomic E-state index is 3.56. The van der Waals surface area contributed by atoms with Gasteiger partial charge in [0.1, 0.15) is 0 Å². The van der Waals surface area contributed by atoms with E-state index in [1.807, 2.05) is 0 Å². The van der Waals surface area contributed by atoms with Gasteiger partial charge in [0.25, 0.3) is 0 Å². The van der Waals surface area contributed by atoms with Gasteiger partial charge in [0.15, 0.2) is 0 Å². The monoisotopic (exact) mass is 298 g/mol. The molecule has 2 rings (SSSR count). The van der Waals surface area contributed by atoms with E-state index >= 15 is 0 Å². The molecule has 0 aromatic heterocycles. The minimum absolute atomic E-state index is 0.987. The van der Waals surface area contributed by atoms with Crippen LogP contribution in [0.4, 0.5) is 0 Å². The molecule has 0 nitrogen and oxygen atoms in total. The zero-order valence-electron chi connectivity index (χ0n) is 6.93. The van der Waals surface area contributed by atoms with E-state index in [9.17, 15) is 0 Å². The van der Waals surface area contributed by atoms with Gasteiger partial charge in [-0.2, -0.15) is 0 Å². The summed E-state index contributed by atoms with van der Waals surface area (Å²) in [6.07, 6.45) is 13.6.